The van der Waals surface area contributed by atoms with E-state index in [2.05, 4.69) is 11.8 Å². The highest BCUT2D eigenvalue weighted by molar-refractivity contribution is 5.75. The molecule has 1 spiro atoms. The van der Waals surface area contributed by atoms with Crippen LogP contribution in [0.4, 0.5) is 0 Å². The molecule has 0 aliphatic carbocycles. The fourth-order valence-corrected chi connectivity index (χ4v) is 3.43. The lowest BCUT2D eigenvalue weighted by atomic mass is 9.79. The van der Waals surface area contributed by atoms with Crippen LogP contribution >= 0.6 is 0 Å². The summed E-state index contributed by atoms with van der Waals surface area (Å²) in [6.45, 7) is 6.00. The molecule has 0 saturated carbocycles. The van der Waals surface area contributed by atoms with Gasteiger partial charge in [0.05, 0.1) is 7.11 Å². The Kier molecular flexibility index (Phi) is 5.22. The average Bonchev–Trinajstić information content (AvgIpc) is 2.83. The van der Waals surface area contributed by atoms with Crippen LogP contribution in [0.3, 0.4) is 0 Å². The Morgan fingerprint density at radius 2 is 2.11 bits per heavy atom. The maximum Gasteiger partial charge on any atom is 0.323 e. The van der Waals surface area contributed by atoms with Gasteiger partial charge in [0.15, 0.2) is 0 Å². The molecule has 2 rings (SSSR count). The zero-order chi connectivity index (χ0) is 13.7. The van der Waals surface area contributed by atoms with E-state index in [-0.39, 0.29) is 12.0 Å². The largest absolute Gasteiger partial charge is 0.468 e. The lowest BCUT2D eigenvalue weighted by Crippen LogP contribution is -2.42. The molecular formula is C15H27NO3. The molecule has 110 valence electrons. The second-order valence-corrected chi connectivity index (χ2v) is 6.01. The van der Waals surface area contributed by atoms with Gasteiger partial charge in [-0.3, -0.25) is 9.69 Å². The van der Waals surface area contributed by atoms with Crippen LogP contribution in [0.25, 0.3) is 0 Å². The quantitative estimate of drug-likeness (QED) is 0.717. The molecule has 0 bridgehead atoms. The van der Waals surface area contributed by atoms with Crippen LogP contribution in [-0.4, -0.2) is 50.3 Å². The number of methoxy groups -OCH3 is 1. The average molecular weight is 269 g/mol. The summed E-state index contributed by atoms with van der Waals surface area (Å²) in [5.41, 5.74) is 0.400. The minimum Gasteiger partial charge on any atom is -0.468 e. The van der Waals surface area contributed by atoms with E-state index in [4.69, 9.17) is 9.47 Å². The van der Waals surface area contributed by atoms with E-state index < -0.39 is 0 Å². The van der Waals surface area contributed by atoms with Crippen molar-refractivity contribution < 1.29 is 14.3 Å². The number of carbonyl (C=O) groups is 1. The summed E-state index contributed by atoms with van der Waals surface area (Å²) in [4.78, 5) is 14.3. The molecule has 0 radical (unpaired) electrons. The topological polar surface area (TPSA) is 38.8 Å². The third-order valence-corrected chi connectivity index (χ3v) is 4.77. The second-order valence-electron chi connectivity index (χ2n) is 6.01. The van der Waals surface area contributed by atoms with Crippen molar-refractivity contribution in [1.82, 2.24) is 4.90 Å². The van der Waals surface area contributed by atoms with Crippen LogP contribution in [0, 0.1) is 5.41 Å². The normalized spacial score (nSPS) is 24.5. The van der Waals surface area contributed by atoms with Crippen LogP contribution in [-0.2, 0) is 14.3 Å². The van der Waals surface area contributed by atoms with Crippen LogP contribution in [0.1, 0.15) is 45.4 Å². The molecule has 1 unspecified atom stereocenters. The first-order valence-electron chi connectivity index (χ1n) is 7.60. The van der Waals surface area contributed by atoms with Crippen molar-refractivity contribution in [2.45, 2.75) is 51.5 Å². The van der Waals surface area contributed by atoms with Gasteiger partial charge in [-0.25, -0.2) is 0 Å². The molecule has 1 atom stereocenters. The Balaban J connectivity index is 1.96. The molecule has 19 heavy (non-hydrogen) atoms. The van der Waals surface area contributed by atoms with Crippen LogP contribution in [0.2, 0.25) is 0 Å². The lowest BCUT2D eigenvalue weighted by Gasteiger charge is -2.34. The Labute approximate surface area is 116 Å². The van der Waals surface area contributed by atoms with Crippen molar-refractivity contribution >= 4 is 5.97 Å². The first kappa shape index (κ1) is 14.8. The van der Waals surface area contributed by atoms with Crippen LogP contribution in [0.15, 0.2) is 0 Å². The number of hydrogen-bond acceptors (Lipinski definition) is 4. The van der Waals surface area contributed by atoms with Crippen LogP contribution < -0.4 is 0 Å². The number of esters is 1. The van der Waals surface area contributed by atoms with Gasteiger partial charge in [-0.05, 0) is 37.6 Å². The molecule has 4 nitrogen and oxygen atoms in total. The maximum atomic E-state index is 12.0. The van der Waals surface area contributed by atoms with E-state index in [1.807, 2.05) is 0 Å². The molecule has 2 aliphatic heterocycles. The first-order valence-corrected chi connectivity index (χ1v) is 7.60. The number of rotatable bonds is 5. The number of likely N-dealkylation sites (tertiary alicyclic amines) is 1. The molecule has 2 fully saturated rings. The van der Waals surface area contributed by atoms with Crippen molar-refractivity contribution in [1.29, 1.82) is 0 Å². The third-order valence-electron chi connectivity index (χ3n) is 4.77. The predicted molar refractivity (Wildman–Crippen MR) is 74.0 cm³/mol. The van der Waals surface area contributed by atoms with Crippen molar-refractivity contribution in [2.75, 3.05) is 33.4 Å². The molecule has 0 aromatic heterocycles. The second kappa shape index (κ2) is 6.71. The van der Waals surface area contributed by atoms with E-state index in [0.29, 0.717) is 5.41 Å². The number of nitrogens with zero attached hydrogens (tertiary/aromatic N) is 1. The summed E-state index contributed by atoms with van der Waals surface area (Å²) >= 11 is 0. The molecule has 0 amide bonds. The minimum absolute atomic E-state index is 0.0350. The highest BCUT2D eigenvalue weighted by Crippen LogP contribution is 2.40. The summed E-state index contributed by atoms with van der Waals surface area (Å²) in [7, 11) is 1.50. The molecule has 0 aromatic rings. The predicted octanol–water partition coefficient (Wildman–Crippen LogP) is 2.22. The Hall–Kier alpha value is -0.610. The van der Waals surface area contributed by atoms with E-state index in [1.54, 1.807) is 0 Å². The summed E-state index contributed by atoms with van der Waals surface area (Å²) in [6.07, 6.45) is 6.63. The Bertz CT molecular complexity index is 300. The van der Waals surface area contributed by atoms with Gasteiger partial charge in [0.2, 0.25) is 0 Å². The number of unbranched alkanes of at least 4 members (excludes halogenated alkanes) is 1. The van der Waals surface area contributed by atoms with Crippen molar-refractivity contribution in [3.63, 3.8) is 0 Å². The van der Waals surface area contributed by atoms with Gasteiger partial charge >= 0.3 is 5.97 Å². The molecule has 2 aliphatic rings. The molecule has 2 heterocycles. The third kappa shape index (κ3) is 3.48. The zero-order valence-electron chi connectivity index (χ0n) is 12.3. The van der Waals surface area contributed by atoms with Crippen molar-refractivity contribution in [2.24, 2.45) is 5.41 Å². The molecule has 0 N–H and O–H groups in total. The Morgan fingerprint density at radius 1 is 1.37 bits per heavy atom. The molecule has 2 saturated heterocycles. The molecular weight excluding hydrogens is 242 g/mol. The Morgan fingerprint density at radius 3 is 2.74 bits per heavy atom. The lowest BCUT2D eigenvalue weighted by molar-refractivity contribution is -0.147. The highest BCUT2D eigenvalue weighted by Gasteiger charge is 2.42. The van der Waals surface area contributed by atoms with E-state index in [1.165, 1.54) is 13.5 Å². The van der Waals surface area contributed by atoms with Gasteiger partial charge in [-0.15, -0.1) is 0 Å². The number of hydrogen-bond donors (Lipinski definition) is 0. The SMILES string of the molecule is CCCCC(C(=O)OC)N1CCC2(CCOCC2)C1. The van der Waals surface area contributed by atoms with E-state index in [0.717, 1.165) is 58.4 Å². The molecule has 4 heteroatoms. The van der Waals surface area contributed by atoms with Crippen molar-refractivity contribution in [3.8, 4) is 0 Å². The first-order chi connectivity index (χ1) is 9.21. The number of ether oxygens (including phenoxy) is 2. The van der Waals surface area contributed by atoms with Gasteiger partial charge in [0.25, 0.3) is 0 Å². The summed E-state index contributed by atoms with van der Waals surface area (Å²) < 4.78 is 10.5. The summed E-state index contributed by atoms with van der Waals surface area (Å²) in [5, 5.41) is 0. The fraction of sp³-hybridized carbons (Fsp3) is 0.933. The monoisotopic (exact) mass is 269 g/mol. The maximum absolute atomic E-state index is 12.0. The van der Waals surface area contributed by atoms with E-state index in [9.17, 15) is 4.79 Å². The van der Waals surface area contributed by atoms with Gasteiger partial charge < -0.3 is 9.47 Å². The zero-order valence-corrected chi connectivity index (χ0v) is 12.3. The summed E-state index contributed by atoms with van der Waals surface area (Å²) in [6, 6.07) is -0.0350. The smallest absolute Gasteiger partial charge is 0.323 e. The van der Waals surface area contributed by atoms with Gasteiger partial charge in [0.1, 0.15) is 6.04 Å². The van der Waals surface area contributed by atoms with E-state index >= 15 is 0 Å². The van der Waals surface area contributed by atoms with Crippen molar-refractivity contribution in [3.05, 3.63) is 0 Å². The minimum atomic E-state index is -0.0578. The van der Waals surface area contributed by atoms with Gasteiger partial charge in [-0.1, -0.05) is 19.8 Å². The summed E-state index contributed by atoms with van der Waals surface area (Å²) in [5.74, 6) is -0.0578. The standard InChI is InChI=1S/C15H27NO3/c1-3-4-5-13(14(17)18-2)16-9-6-15(12-16)7-10-19-11-8-15/h13H,3-12H2,1-2H3. The fourth-order valence-electron chi connectivity index (χ4n) is 3.43. The van der Waals surface area contributed by atoms with Gasteiger partial charge in [0, 0.05) is 19.8 Å². The number of carbonyl (C=O) groups excluding carboxylic acids is 1. The van der Waals surface area contributed by atoms with Gasteiger partial charge in [-0.2, -0.15) is 0 Å². The van der Waals surface area contributed by atoms with Crippen LogP contribution in [0.5, 0.6) is 0 Å². The molecule has 0 aromatic carbocycles. The highest BCUT2D eigenvalue weighted by atomic mass is 16.5.